The molecule has 2 aromatic carbocycles. The summed E-state index contributed by atoms with van der Waals surface area (Å²) < 4.78 is 5.26. The maximum atomic E-state index is 13.2. The number of benzene rings is 2. The summed E-state index contributed by atoms with van der Waals surface area (Å²) in [5.74, 6) is -1.27. The van der Waals surface area contributed by atoms with Gasteiger partial charge in [0, 0.05) is 48.4 Å². The molecule has 3 N–H and O–H groups in total. The second kappa shape index (κ2) is 10.8. The number of nitrogens with zero attached hydrogens (tertiary/aromatic N) is 3. The monoisotopic (exact) mass is 510 g/mol. The molecule has 4 rings (SSSR count). The predicted molar refractivity (Wildman–Crippen MR) is 137 cm³/mol. The first-order chi connectivity index (χ1) is 17.3. The summed E-state index contributed by atoms with van der Waals surface area (Å²) in [6.45, 7) is 4.06. The first-order valence-electron chi connectivity index (χ1n) is 11.7. The van der Waals surface area contributed by atoms with Gasteiger partial charge in [0.2, 0.25) is 0 Å². The predicted octanol–water partition coefficient (Wildman–Crippen LogP) is 4.53. The minimum Gasteiger partial charge on any atom is -0.478 e. The lowest BCUT2D eigenvalue weighted by molar-refractivity contribution is 0.0558. The highest BCUT2D eigenvalue weighted by Crippen LogP contribution is 2.30. The Morgan fingerprint density at radius 2 is 1.78 bits per heavy atom. The molecule has 1 fully saturated rings. The van der Waals surface area contributed by atoms with Gasteiger partial charge in [-0.05, 0) is 36.8 Å². The third-order valence-corrected chi connectivity index (χ3v) is 6.45. The minimum absolute atomic E-state index is 0.00726. The number of ether oxygens (including phenoxy) is 1. The Balaban J connectivity index is 1.52. The van der Waals surface area contributed by atoms with Gasteiger partial charge in [0.15, 0.2) is 0 Å². The molecule has 2 heterocycles. The molecule has 10 heteroatoms. The van der Waals surface area contributed by atoms with E-state index in [-0.39, 0.29) is 23.3 Å². The van der Waals surface area contributed by atoms with Gasteiger partial charge in [-0.2, -0.15) is 0 Å². The Hall–Kier alpha value is -3.85. The summed E-state index contributed by atoms with van der Waals surface area (Å²) >= 11 is 6.50. The van der Waals surface area contributed by atoms with Gasteiger partial charge in [-0.25, -0.2) is 14.6 Å². The fraction of sp³-hybridized carbons (Fsp3) is 0.308. The lowest BCUT2D eigenvalue weighted by Crippen LogP contribution is -2.50. The number of fused-ring (bicyclic) bond motifs is 1. The minimum atomic E-state index is -1.11. The number of amides is 2. The molecule has 0 spiro atoms. The Morgan fingerprint density at radius 1 is 1.06 bits per heavy atom. The number of hydrogen-bond acceptors (Lipinski definition) is 6. The molecule has 0 bridgehead atoms. The maximum Gasteiger partial charge on any atom is 0.409 e. The normalized spacial score (nSPS) is 13.6. The molecule has 36 heavy (non-hydrogen) atoms. The molecule has 0 saturated carbocycles. The number of carboxylic acids is 1. The highest BCUT2D eigenvalue weighted by Gasteiger charge is 2.26. The second-order valence-electron chi connectivity index (χ2n) is 8.58. The number of unbranched alkanes of at least 4 members (excludes halogenated alkanes) is 1. The number of hydrogen-bond donors (Lipinski definition) is 2. The molecule has 0 atom stereocenters. The van der Waals surface area contributed by atoms with Crippen molar-refractivity contribution in [3.8, 4) is 11.3 Å². The number of halogens is 1. The van der Waals surface area contributed by atoms with Crippen LogP contribution in [0.3, 0.4) is 0 Å². The number of nitrogens with two attached hydrogens (primary N) is 1. The van der Waals surface area contributed by atoms with Crippen LogP contribution >= 0.6 is 11.6 Å². The molecule has 9 nitrogen and oxygen atoms in total. The number of aromatic nitrogens is 1. The van der Waals surface area contributed by atoms with Crippen molar-refractivity contribution in [1.29, 1.82) is 0 Å². The van der Waals surface area contributed by atoms with Crippen LogP contribution in [0.25, 0.3) is 22.2 Å². The number of piperazine rings is 1. The number of carbonyl (C=O) groups is 3. The second-order valence-corrected chi connectivity index (χ2v) is 8.98. The molecule has 1 aliphatic rings. The molecule has 2 amide bonds. The molecular weight excluding hydrogens is 484 g/mol. The average Bonchev–Trinajstić information content (AvgIpc) is 2.87. The van der Waals surface area contributed by atoms with E-state index in [9.17, 15) is 19.5 Å². The lowest BCUT2D eigenvalue weighted by atomic mass is 10.0. The van der Waals surface area contributed by atoms with E-state index in [1.807, 2.05) is 6.92 Å². The molecule has 3 aromatic rings. The standard InChI is InChI=1S/C26H27ClN4O5/c1-2-3-12-36-26(35)31-10-8-30(9-11-31)24(32)17-5-6-18-20(27)15-22(29-23(18)14-17)16-4-7-19(25(33)34)21(28)13-16/h4-7,13-15H,2-3,8-12,28H2,1H3,(H,33,34). The Bertz CT molecular complexity index is 1320. The Kier molecular flexibility index (Phi) is 7.59. The molecule has 0 aliphatic carbocycles. The van der Waals surface area contributed by atoms with Crippen LogP contribution in [0, 0.1) is 0 Å². The van der Waals surface area contributed by atoms with Gasteiger partial charge in [0.05, 0.1) is 28.4 Å². The van der Waals surface area contributed by atoms with E-state index in [1.165, 1.54) is 12.1 Å². The van der Waals surface area contributed by atoms with Crippen LogP contribution in [0.4, 0.5) is 10.5 Å². The van der Waals surface area contributed by atoms with Gasteiger partial charge in [-0.15, -0.1) is 0 Å². The van der Waals surface area contributed by atoms with Gasteiger partial charge in [-0.3, -0.25) is 4.79 Å². The fourth-order valence-electron chi connectivity index (χ4n) is 4.05. The first-order valence-corrected chi connectivity index (χ1v) is 12.1. The fourth-order valence-corrected chi connectivity index (χ4v) is 4.32. The summed E-state index contributed by atoms with van der Waals surface area (Å²) in [7, 11) is 0. The zero-order chi connectivity index (χ0) is 25.8. The van der Waals surface area contributed by atoms with Crippen molar-refractivity contribution in [2.24, 2.45) is 0 Å². The number of rotatable bonds is 6. The number of pyridine rings is 1. The van der Waals surface area contributed by atoms with Crippen LogP contribution in [0.15, 0.2) is 42.5 Å². The molecule has 1 aliphatic heterocycles. The SMILES string of the molecule is CCCCOC(=O)N1CCN(C(=O)c2ccc3c(Cl)cc(-c4ccc(C(=O)O)c(N)c4)nc3c2)CC1. The molecule has 1 saturated heterocycles. The smallest absolute Gasteiger partial charge is 0.409 e. The van der Waals surface area contributed by atoms with Crippen molar-refractivity contribution in [3.63, 3.8) is 0 Å². The third-order valence-electron chi connectivity index (χ3n) is 6.13. The molecule has 188 valence electrons. The molecule has 0 radical (unpaired) electrons. The quantitative estimate of drug-likeness (QED) is 0.368. The van der Waals surface area contributed by atoms with Crippen LogP contribution in [0.1, 0.15) is 40.5 Å². The topological polar surface area (TPSA) is 126 Å². The first kappa shape index (κ1) is 25.2. The summed E-state index contributed by atoms with van der Waals surface area (Å²) in [5, 5.41) is 10.3. The van der Waals surface area contributed by atoms with E-state index in [1.54, 1.807) is 40.1 Å². The van der Waals surface area contributed by atoms with E-state index in [2.05, 4.69) is 4.98 Å². The number of carboxylic acid groups (broad SMARTS) is 1. The van der Waals surface area contributed by atoms with Gasteiger partial charge in [-0.1, -0.05) is 37.1 Å². The number of carbonyl (C=O) groups excluding carboxylic acids is 2. The zero-order valence-electron chi connectivity index (χ0n) is 19.9. The number of aromatic carboxylic acids is 1. The average molecular weight is 511 g/mol. The number of nitrogen functional groups attached to an aromatic ring is 1. The zero-order valence-corrected chi connectivity index (χ0v) is 20.6. The highest BCUT2D eigenvalue weighted by molar-refractivity contribution is 6.35. The van der Waals surface area contributed by atoms with Crippen LogP contribution < -0.4 is 5.73 Å². The highest BCUT2D eigenvalue weighted by atomic mass is 35.5. The van der Waals surface area contributed by atoms with E-state index in [0.29, 0.717) is 65.5 Å². The summed E-state index contributed by atoms with van der Waals surface area (Å²) in [6, 6.07) is 11.4. The van der Waals surface area contributed by atoms with Crippen molar-refractivity contribution < 1.29 is 24.2 Å². The summed E-state index contributed by atoms with van der Waals surface area (Å²) in [5.41, 5.74) is 8.13. The van der Waals surface area contributed by atoms with Gasteiger partial charge < -0.3 is 25.4 Å². The van der Waals surface area contributed by atoms with E-state index in [4.69, 9.17) is 22.1 Å². The molecular formula is C26H27ClN4O5. The molecule has 1 aromatic heterocycles. The van der Waals surface area contributed by atoms with Crippen LogP contribution in [-0.4, -0.2) is 70.6 Å². The van der Waals surface area contributed by atoms with Crippen molar-refractivity contribution in [3.05, 3.63) is 58.6 Å². The Morgan fingerprint density at radius 3 is 2.44 bits per heavy atom. The van der Waals surface area contributed by atoms with Crippen molar-refractivity contribution >= 4 is 46.2 Å². The van der Waals surface area contributed by atoms with Crippen LogP contribution in [-0.2, 0) is 4.74 Å². The van der Waals surface area contributed by atoms with Gasteiger partial charge >= 0.3 is 12.1 Å². The number of anilines is 1. The maximum absolute atomic E-state index is 13.2. The summed E-state index contributed by atoms with van der Waals surface area (Å²) in [4.78, 5) is 44.6. The third kappa shape index (κ3) is 5.36. The Labute approximate surface area is 213 Å². The van der Waals surface area contributed by atoms with Crippen LogP contribution in [0.5, 0.6) is 0 Å². The van der Waals surface area contributed by atoms with Gasteiger partial charge in [0.25, 0.3) is 5.91 Å². The van der Waals surface area contributed by atoms with Gasteiger partial charge in [0.1, 0.15) is 0 Å². The molecule has 0 unspecified atom stereocenters. The van der Waals surface area contributed by atoms with Crippen molar-refractivity contribution in [2.75, 3.05) is 38.5 Å². The van der Waals surface area contributed by atoms with E-state index < -0.39 is 5.97 Å². The van der Waals surface area contributed by atoms with E-state index >= 15 is 0 Å². The van der Waals surface area contributed by atoms with Crippen molar-refractivity contribution in [2.45, 2.75) is 19.8 Å². The van der Waals surface area contributed by atoms with E-state index in [0.717, 1.165) is 12.8 Å². The lowest BCUT2D eigenvalue weighted by Gasteiger charge is -2.34. The van der Waals surface area contributed by atoms with Crippen molar-refractivity contribution in [1.82, 2.24) is 14.8 Å². The van der Waals surface area contributed by atoms with Crippen LogP contribution in [0.2, 0.25) is 5.02 Å². The largest absolute Gasteiger partial charge is 0.478 e. The summed E-state index contributed by atoms with van der Waals surface area (Å²) in [6.07, 6.45) is 1.44.